The fraction of sp³-hybridized carbons (Fsp3) is 0.300. The van der Waals surface area contributed by atoms with Gasteiger partial charge in [0.05, 0.1) is 16.1 Å². The van der Waals surface area contributed by atoms with E-state index in [0.29, 0.717) is 36.5 Å². The number of carbonyl (C=O) groups is 2. The van der Waals surface area contributed by atoms with Gasteiger partial charge in [0, 0.05) is 29.7 Å². The average molecular weight is 445 g/mol. The molecule has 0 aliphatic carbocycles. The molecule has 0 saturated carbocycles. The Balaban J connectivity index is 1.56. The van der Waals surface area contributed by atoms with Crippen LogP contribution in [0.15, 0.2) is 42.5 Å². The Hall–Kier alpha value is -2.25. The molecule has 2 aromatic rings. The van der Waals surface area contributed by atoms with Crippen molar-refractivity contribution >= 4 is 35.0 Å². The summed E-state index contributed by atoms with van der Waals surface area (Å²) in [7, 11) is 0. The highest BCUT2D eigenvalue weighted by atomic mass is 35.5. The molecule has 154 valence electrons. The van der Waals surface area contributed by atoms with Gasteiger partial charge in [-0.3, -0.25) is 9.59 Å². The average Bonchev–Trinajstić information content (AvgIpc) is 2.67. The monoisotopic (exact) mass is 444 g/mol. The number of likely N-dealkylation sites (tertiary alicyclic amines) is 1. The van der Waals surface area contributed by atoms with Crippen LogP contribution in [-0.4, -0.2) is 35.8 Å². The largest absolute Gasteiger partial charge is 0.416 e. The van der Waals surface area contributed by atoms with Gasteiger partial charge in [-0.25, -0.2) is 0 Å². The molecular formula is C20H17Cl2F3N2O2. The van der Waals surface area contributed by atoms with E-state index in [1.165, 1.54) is 18.2 Å². The number of rotatable bonds is 3. The first-order valence-electron chi connectivity index (χ1n) is 8.87. The maximum atomic E-state index is 12.6. The summed E-state index contributed by atoms with van der Waals surface area (Å²) in [6.45, 7) is 0.776. The van der Waals surface area contributed by atoms with Crippen LogP contribution in [0.3, 0.4) is 0 Å². The maximum Gasteiger partial charge on any atom is 0.416 e. The predicted molar refractivity (Wildman–Crippen MR) is 104 cm³/mol. The lowest BCUT2D eigenvalue weighted by molar-refractivity contribution is -0.137. The van der Waals surface area contributed by atoms with Crippen LogP contribution in [0, 0.1) is 0 Å². The second-order valence-electron chi connectivity index (χ2n) is 6.74. The van der Waals surface area contributed by atoms with Crippen molar-refractivity contribution in [3.05, 3.63) is 69.2 Å². The SMILES string of the molecule is O=C(NC1CCN(C(=O)c2ccc(C(F)(F)F)cc2)CC1)c1ccc(Cl)cc1Cl. The number of hydrogen-bond donors (Lipinski definition) is 1. The summed E-state index contributed by atoms with van der Waals surface area (Å²) in [5.41, 5.74) is -0.274. The van der Waals surface area contributed by atoms with E-state index in [0.717, 1.165) is 12.1 Å². The summed E-state index contributed by atoms with van der Waals surface area (Å²) in [5, 5.41) is 3.58. The molecule has 1 saturated heterocycles. The van der Waals surface area contributed by atoms with E-state index in [2.05, 4.69) is 5.32 Å². The highest BCUT2D eigenvalue weighted by Crippen LogP contribution is 2.29. The predicted octanol–water partition coefficient (Wildman–Crippen LogP) is 5.05. The van der Waals surface area contributed by atoms with Crippen LogP contribution in [0.2, 0.25) is 10.0 Å². The lowest BCUT2D eigenvalue weighted by Gasteiger charge is -2.32. The van der Waals surface area contributed by atoms with Crippen molar-refractivity contribution in [1.29, 1.82) is 0 Å². The first-order valence-corrected chi connectivity index (χ1v) is 9.63. The Morgan fingerprint density at radius 2 is 1.62 bits per heavy atom. The number of piperidine rings is 1. The standard InChI is InChI=1S/C20H17Cl2F3N2O2/c21-14-5-6-16(17(22)11-14)18(28)26-15-7-9-27(10-8-15)19(29)12-1-3-13(4-2-12)20(23,24)25/h1-6,11,15H,7-10H2,(H,26,28). The van der Waals surface area contributed by atoms with Crippen LogP contribution in [0.1, 0.15) is 39.1 Å². The van der Waals surface area contributed by atoms with Gasteiger partial charge in [-0.15, -0.1) is 0 Å². The number of halogens is 5. The zero-order valence-corrected chi connectivity index (χ0v) is 16.6. The van der Waals surface area contributed by atoms with Gasteiger partial charge in [0.1, 0.15) is 0 Å². The smallest absolute Gasteiger partial charge is 0.349 e. The van der Waals surface area contributed by atoms with Crippen molar-refractivity contribution in [3.63, 3.8) is 0 Å². The van der Waals surface area contributed by atoms with Crippen LogP contribution >= 0.6 is 23.2 Å². The molecule has 2 aromatic carbocycles. The molecule has 0 aromatic heterocycles. The highest BCUT2D eigenvalue weighted by molar-refractivity contribution is 6.36. The molecule has 0 unspecified atom stereocenters. The van der Waals surface area contributed by atoms with E-state index < -0.39 is 11.7 Å². The normalized spacial score (nSPS) is 15.3. The summed E-state index contributed by atoms with van der Waals surface area (Å²) < 4.78 is 37.9. The minimum Gasteiger partial charge on any atom is -0.349 e. The van der Waals surface area contributed by atoms with Gasteiger partial charge in [-0.05, 0) is 55.3 Å². The first-order chi connectivity index (χ1) is 13.6. The molecule has 0 atom stereocenters. The molecular weight excluding hydrogens is 428 g/mol. The molecule has 2 amide bonds. The summed E-state index contributed by atoms with van der Waals surface area (Å²) >= 11 is 11.9. The highest BCUT2D eigenvalue weighted by Gasteiger charge is 2.31. The van der Waals surface area contributed by atoms with Gasteiger partial charge in [-0.1, -0.05) is 23.2 Å². The summed E-state index contributed by atoms with van der Waals surface area (Å²) in [4.78, 5) is 26.5. The molecule has 1 aliphatic heterocycles. The Morgan fingerprint density at radius 3 is 2.17 bits per heavy atom. The number of benzene rings is 2. The number of alkyl halides is 3. The number of carbonyl (C=O) groups excluding carboxylic acids is 2. The maximum absolute atomic E-state index is 12.6. The van der Waals surface area contributed by atoms with Crippen LogP contribution in [0.25, 0.3) is 0 Å². The van der Waals surface area contributed by atoms with Crippen molar-refractivity contribution in [3.8, 4) is 0 Å². The van der Waals surface area contributed by atoms with E-state index in [9.17, 15) is 22.8 Å². The molecule has 0 radical (unpaired) electrons. The van der Waals surface area contributed by atoms with E-state index in [-0.39, 0.29) is 28.4 Å². The fourth-order valence-electron chi connectivity index (χ4n) is 3.15. The fourth-order valence-corrected chi connectivity index (χ4v) is 3.64. The van der Waals surface area contributed by atoms with Gasteiger partial charge in [0.15, 0.2) is 0 Å². The van der Waals surface area contributed by atoms with Crippen LogP contribution < -0.4 is 5.32 Å². The number of nitrogens with zero attached hydrogens (tertiary/aromatic N) is 1. The van der Waals surface area contributed by atoms with E-state index in [1.54, 1.807) is 17.0 Å². The van der Waals surface area contributed by atoms with Crippen LogP contribution in [0.4, 0.5) is 13.2 Å². The molecule has 9 heteroatoms. The second kappa shape index (κ2) is 8.63. The van der Waals surface area contributed by atoms with Crippen molar-refractivity contribution in [2.24, 2.45) is 0 Å². The van der Waals surface area contributed by atoms with Gasteiger partial charge in [0.25, 0.3) is 11.8 Å². The van der Waals surface area contributed by atoms with Gasteiger partial charge < -0.3 is 10.2 Å². The molecule has 1 N–H and O–H groups in total. The minimum absolute atomic E-state index is 0.133. The Bertz CT molecular complexity index is 909. The van der Waals surface area contributed by atoms with Crippen molar-refractivity contribution in [1.82, 2.24) is 10.2 Å². The molecule has 1 heterocycles. The van der Waals surface area contributed by atoms with E-state index in [1.807, 2.05) is 0 Å². The Labute approximate surface area is 175 Å². The summed E-state index contributed by atoms with van der Waals surface area (Å²) in [6, 6.07) is 8.64. The Morgan fingerprint density at radius 1 is 1.00 bits per heavy atom. The molecule has 0 bridgehead atoms. The summed E-state index contributed by atoms with van der Waals surface area (Å²) in [5.74, 6) is -0.650. The van der Waals surface area contributed by atoms with E-state index >= 15 is 0 Å². The number of amides is 2. The van der Waals surface area contributed by atoms with Gasteiger partial charge in [-0.2, -0.15) is 13.2 Å². The summed E-state index contributed by atoms with van der Waals surface area (Å²) in [6.07, 6.45) is -3.38. The Kier molecular flexibility index (Phi) is 6.39. The van der Waals surface area contributed by atoms with Crippen LogP contribution in [-0.2, 0) is 6.18 Å². The number of hydrogen-bond acceptors (Lipinski definition) is 2. The van der Waals surface area contributed by atoms with E-state index in [4.69, 9.17) is 23.2 Å². The zero-order valence-electron chi connectivity index (χ0n) is 15.1. The third-order valence-corrected chi connectivity index (χ3v) is 5.30. The third-order valence-electron chi connectivity index (χ3n) is 4.75. The third kappa shape index (κ3) is 5.22. The topological polar surface area (TPSA) is 49.4 Å². The molecule has 29 heavy (non-hydrogen) atoms. The molecule has 1 aliphatic rings. The molecule has 1 fully saturated rings. The molecule has 4 nitrogen and oxygen atoms in total. The van der Waals surface area contributed by atoms with Crippen molar-refractivity contribution in [2.75, 3.05) is 13.1 Å². The molecule has 3 rings (SSSR count). The lowest BCUT2D eigenvalue weighted by Crippen LogP contribution is -2.46. The van der Waals surface area contributed by atoms with Gasteiger partial charge in [0.2, 0.25) is 0 Å². The molecule has 0 spiro atoms. The van der Waals surface area contributed by atoms with Crippen LogP contribution in [0.5, 0.6) is 0 Å². The van der Waals surface area contributed by atoms with Crippen molar-refractivity contribution < 1.29 is 22.8 Å². The lowest BCUT2D eigenvalue weighted by atomic mass is 10.0. The van der Waals surface area contributed by atoms with Gasteiger partial charge >= 0.3 is 6.18 Å². The quantitative estimate of drug-likeness (QED) is 0.720. The second-order valence-corrected chi connectivity index (χ2v) is 7.58. The van der Waals surface area contributed by atoms with Crippen molar-refractivity contribution in [2.45, 2.75) is 25.1 Å². The minimum atomic E-state index is -4.44. The first kappa shape index (κ1) is 21.5. The number of nitrogens with one attached hydrogen (secondary N) is 1. The zero-order chi connectivity index (χ0) is 21.2.